The van der Waals surface area contributed by atoms with Gasteiger partial charge in [0.05, 0.1) is 10.2 Å². The van der Waals surface area contributed by atoms with Crippen molar-refractivity contribution in [3.8, 4) is 0 Å². The summed E-state index contributed by atoms with van der Waals surface area (Å²) in [4.78, 5) is 8.68. The molecule has 0 aliphatic heterocycles. The zero-order chi connectivity index (χ0) is 13.9. The zero-order valence-corrected chi connectivity index (χ0v) is 11.9. The third-order valence-electron chi connectivity index (χ3n) is 3.01. The maximum absolute atomic E-state index is 5.40. The topological polar surface area (TPSA) is 75.9 Å². The molecule has 6 heteroatoms. The second kappa shape index (κ2) is 5.44. The Morgan fingerprint density at radius 1 is 1.15 bits per heavy atom. The quantitative estimate of drug-likeness (QED) is 0.507. The number of hydrazine groups is 1. The van der Waals surface area contributed by atoms with E-state index in [-0.39, 0.29) is 0 Å². The second-order valence-electron chi connectivity index (χ2n) is 4.51. The minimum Gasteiger partial charge on any atom is -0.365 e. The van der Waals surface area contributed by atoms with E-state index in [9.17, 15) is 0 Å². The molecule has 2 heterocycles. The number of nitrogen functional groups attached to an aromatic ring is 1. The van der Waals surface area contributed by atoms with Crippen LogP contribution in [-0.4, -0.2) is 9.97 Å². The summed E-state index contributed by atoms with van der Waals surface area (Å²) in [6.45, 7) is 2.80. The Labute approximate surface area is 120 Å². The highest BCUT2D eigenvalue weighted by Crippen LogP contribution is 2.27. The largest absolute Gasteiger partial charge is 0.365 e. The molecule has 4 N–H and O–H groups in total. The fourth-order valence-corrected chi connectivity index (χ4v) is 2.74. The van der Waals surface area contributed by atoms with E-state index in [0.717, 1.165) is 16.0 Å². The smallest absolute Gasteiger partial charge is 0.239 e. The van der Waals surface area contributed by atoms with Gasteiger partial charge in [-0.3, -0.25) is 5.43 Å². The maximum atomic E-state index is 5.40. The molecule has 3 rings (SSSR count). The van der Waals surface area contributed by atoms with Gasteiger partial charge < -0.3 is 5.32 Å². The van der Waals surface area contributed by atoms with Crippen LogP contribution in [0.15, 0.2) is 35.7 Å². The number of thiophene rings is 1. The van der Waals surface area contributed by atoms with Crippen LogP contribution in [0, 0.1) is 6.92 Å². The molecule has 0 saturated heterocycles. The van der Waals surface area contributed by atoms with Crippen LogP contribution in [0.25, 0.3) is 10.2 Å². The summed E-state index contributed by atoms with van der Waals surface area (Å²) in [5.74, 6) is 6.63. The van der Waals surface area contributed by atoms with E-state index in [0.29, 0.717) is 12.5 Å². The molecule has 3 aromatic rings. The number of benzene rings is 1. The third kappa shape index (κ3) is 2.56. The first kappa shape index (κ1) is 12.8. The summed E-state index contributed by atoms with van der Waals surface area (Å²) >= 11 is 1.61. The van der Waals surface area contributed by atoms with Gasteiger partial charge in [-0.2, -0.15) is 4.98 Å². The van der Waals surface area contributed by atoms with Gasteiger partial charge in [0.25, 0.3) is 0 Å². The summed E-state index contributed by atoms with van der Waals surface area (Å²) in [6, 6.07) is 10.4. The molecule has 0 aliphatic rings. The predicted molar refractivity (Wildman–Crippen MR) is 83.7 cm³/mol. The first-order valence-electron chi connectivity index (χ1n) is 6.27. The van der Waals surface area contributed by atoms with Crippen molar-refractivity contribution in [1.29, 1.82) is 0 Å². The predicted octanol–water partition coefficient (Wildman–Crippen LogP) is 2.90. The lowest BCUT2D eigenvalue weighted by molar-refractivity contribution is 1.09. The average Bonchev–Trinajstić information content (AvgIpc) is 2.94. The highest BCUT2D eigenvalue weighted by atomic mass is 32.1. The SMILES string of the molecule is Cc1ccc(CNc2nc(NN)nc3ccsc23)cc1. The van der Waals surface area contributed by atoms with E-state index in [1.165, 1.54) is 11.1 Å². The normalized spacial score (nSPS) is 10.7. The Bertz CT molecular complexity index is 720. The number of fused-ring (bicyclic) bond motifs is 1. The Morgan fingerprint density at radius 3 is 2.70 bits per heavy atom. The van der Waals surface area contributed by atoms with Crippen molar-refractivity contribution in [1.82, 2.24) is 9.97 Å². The Morgan fingerprint density at radius 2 is 1.95 bits per heavy atom. The van der Waals surface area contributed by atoms with E-state index in [1.54, 1.807) is 11.3 Å². The number of nitrogens with one attached hydrogen (secondary N) is 2. The molecular formula is C14H15N5S. The molecule has 0 saturated carbocycles. The van der Waals surface area contributed by atoms with Gasteiger partial charge in [-0.1, -0.05) is 29.8 Å². The summed E-state index contributed by atoms with van der Waals surface area (Å²) in [5.41, 5.74) is 5.86. The minimum absolute atomic E-state index is 0.419. The monoisotopic (exact) mass is 285 g/mol. The van der Waals surface area contributed by atoms with E-state index in [4.69, 9.17) is 5.84 Å². The fourth-order valence-electron chi connectivity index (χ4n) is 1.94. The molecule has 0 radical (unpaired) electrons. The minimum atomic E-state index is 0.419. The summed E-state index contributed by atoms with van der Waals surface area (Å²) in [5, 5.41) is 5.34. The van der Waals surface area contributed by atoms with E-state index in [1.807, 2.05) is 11.4 Å². The van der Waals surface area contributed by atoms with Crippen molar-refractivity contribution in [2.75, 3.05) is 10.7 Å². The fraction of sp³-hybridized carbons (Fsp3) is 0.143. The van der Waals surface area contributed by atoms with Gasteiger partial charge >= 0.3 is 0 Å². The Kier molecular flexibility index (Phi) is 3.49. The maximum Gasteiger partial charge on any atom is 0.239 e. The number of rotatable bonds is 4. The van der Waals surface area contributed by atoms with Crippen LogP contribution in [0.2, 0.25) is 0 Å². The second-order valence-corrected chi connectivity index (χ2v) is 5.43. The van der Waals surface area contributed by atoms with Gasteiger partial charge in [0.1, 0.15) is 5.82 Å². The molecule has 0 amide bonds. The molecule has 20 heavy (non-hydrogen) atoms. The van der Waals surface area contributed by atoms with Gasteiger partial charge in [-0.25, -0.2) is 10.8 Å². The third-order valence-corrected chi connectivity index (χ3v) is 3.92. The highest BCUT2D eigenvalue weighted by Gasteiger charge is 2.08. The van der Waals surface area contributed by atoms with Gasteiger partial charge in [0.15, 0.2) is 0 Å². The van der Waals surface area contributed by atoms with Gasteiger partial charge in [0, 0.05) is 6.54 Å². The number of aryl methyl sites for hydroxylation is 1. The van der Waals surface area contributed by atoms with Gasteiger partial charge in [-0.05, 0) is 23.9 Å². The molecule has 0 unspecified atom stereocenters. The van der Waals surface area contributed by atoms with Crippen molar-refractivity contribution < 1.29 is 0 Å². The molecule has 0 fully saturated rings. The van der Waals surface area contributed by atoms with Crippen molar-refractivity contribution in [3.63, 3.8) is 0 Å². The van der Waals surface area contributed by atoms with Crippen LogP contribution < -0.4 is 16.6 Å². The standard InChI is InChI=1S/C14H15N5S/c1-9-2-4-10(5-3-9)8-16-13-12-11(6-7-20-12)17-14(18-13)19-15/h2-7H,8,15H2,1H3,(H2,16,17,18,19). The molecule has 2 aromatic heterocycles. The number of aromatic nitrogens is 2. The average molecular weight is 285 g/mol. The number of hydrogen-bond donors (Lipinski definition) is 3. The number of hydrogen-bond acceptors (Lipinski definition) is 6. The van der Waals surface area contributed by atoms with Crippen LogP contribution in [0.5, 0.6) is 0 Å². The van der Waals surface area contributed by atoms with Crippen molar-refractivity contribution in [2.45, 2.75) is 13.5 Å². The lowest BCUT2D eigenvalue weighted by Gasteiger charge is -2.08. The van der Waals surface area contributed by atoms with E-state index >= 15 is 0 Å². The molecule has 0 bridgehead atoms. The van der Waals surface area contributed by atoms with Crippen LogP contribution in [0.3, 0.4) is 0 Å². The summed E-state index contributed by atoms with van der Waals surface area (Å²) in [7, 11) is 0. The first-order chi connectivity index (χ1) is 9.76. The lowest BCUT2D eigenvalue weighted by Crippen LogP contribution is -2.12. The van der Waals surface area contributed by atoms with Crippen LogP contribution in [-0.2, 0) is 6.54 Å². The summed E-state index contributed by atoms with van der Waals surface area (Å²) < 4.78 is 1.04. The number of nitrogens with two attached hydrogens (primary N) is 1. The first-order valence-corrected chi connectivity index (χ1v) is 7.15. The zero-order valence-electron chi connectivity index (χ0n) is 11.1. The van der Waals surface area contributed by atoms with E-state index in [2.05, 4.69) is 51.9 Å². The molecule has 0 spiro atoms. The van der Waals surface area contributed by atoms with E-state index < -0.39 is 0 Å². The molecule has 0 aliphatic carbocycles. The molecule has 5 nitrogen and oxygen atoms in total. The Balaban J connectivity index is 1.86. The van der Waals surface area contributed by atoms with Gasteiger partial charge in [0.2, 0.25) is 5.95 Å². The molecule has 102 valence electrons. The highest BCUT2D eigenvalue weighted by molar-refractivity contribution is 7.17. The van der Waals surface area contributed by atoms with Crippen molar-refractivity contribution in [2.24, 2.45) is 5.84 Å². The number of anilines is 2. The molecule has 0 atom stereocenters. The van der Waals surface area contributed by atoms with Crippen LogP contribution in [0.4, 0.5) is 11.8 Å². The Hall–Kier alpha value is -2.18. The molecule has 1 aromatic carbocycles. The lowest BCUT2D eigenvalue weighted by atomic mass is 10.1. The number of nitrogens with zero attached hydrogens (tertiary/aromatic N) is 2. The van der Waals surface area contributed by atoms with Crippen molar-refractivity contribution in [3.05, 3.63) is 46.8 Å². The van der Waals surface area contributed by atoms with Crippen LogP contribution >= 0.6 is 11.3 Å². The van der Waals surface area contributed by atoms with Gasteiger partial charge in [-0.15, -0.1) is 11.3 Å². The van der Waals surface area contributed by atoms with Crippen LogP contribution in [0.1, 0.15) is 11.1 Å². The summed E-state index contributed by atoms with van der Waals surface area (Å²) in [6.07, 6.45) is 0. The van der Waals surface area contributed by atoms with Crippen molar-refractivity contribution >= 4 is 33.3 Å². The molecular weight excluding hydrogens is 270 g/mol.